The molecule has 0 aliphatic carbocycles. The molecule has 0 radical (unpaired) electrons. The Labute approximate surface area is 131 Å². The molecular formula is C13H24N4O2S2. The SMILES string of the molecule is CCc1cnc(CNS(=O)(=O)N2CCC(CNC)CC2)s1. The van der Waals surface area contributed by atoms with Crippen molar-refractivity contribution < 1.29 is 8.42 Å². The molecule has 0 bridgehead atoms. The first kappa shape index (κ1) is 16.8. The minimum absolute atomic E-state index is 0.281. The van der Waals surface area contributed by atoms with E-state index in [0.717, 1.165) is 30.8 Å². The van der Waals surface area contributed by atoms with Crippen molar-refractivity contribution in [2.75, 3.05) is 26.7 Å². The summed E-state index contributed by atoms with van der Waals surface area (Å²) in [4.78, 5) is 5.41. The van der Waals surface area contributed by atoms with Gasteiger partial charge in [0.05, 0.1) is 6.54 Å². The molecule has 6 nitrogen and oxygen atoms in total. The molecule has 1 aromatic heterocycles. The first-order valence-electron chi connectivity index (χ1n) is 7.38. The maximum absolute atomic E-state index is 12.3. The Morgan fingerprint density at radius 1 is 1.43 bits per heavy atom. The molecule has 0 atom stereocenters. The van der Waals surface area contributed by atoms with Crippen LogP contribution in [0.3, 0.4) is 0 Å². The largest absolute Gasteiger partial charge is 0.319 e. The summed E-state index contributed by atoms with van der Waals surface area (Å²) >= 11 is 1.56. The fourth-order valence-electron chi connectivity index (χ4n) is 2.48. The highest BCUT2D eigenvalue weighted by Crippen LogP contribution is 2.19. The van der Waals surface area contributed by atoms with Gasteiger partial charge in [0.1, 0.15) is 5.01 Å². The molecule has 1 aliphatic heterocycles. The van der Waals surface area contributed by atoms with E-state index in [1.807, 2.05) is 13.2 Å². The van der Waals surface area contributed by atoms with Crippen LogP contribution in [0, 0.1) is 5.92 Å². The van der Waals surface area contributed by atoms with Crippen molar-refractivity contribution in [1.82, 2.24) is 19.3 Å². The molecule has 2 rings (SSSR count). The Balaban J connectivity index is 1.84. The van der Waals surface area contributed by atoms with Crippen molar-refractivity contribution in [3.05, 3.63) is 16.1 Å². The zero-order chi connectivity index (χ0) is 15.3. The molecule has 0 unspecified atom stereocenters. The number of nitrogens with zero attached hydrogens (tertiary/aromatic N) is 2. The van der Waals surface area contributed by atoms with Gasteiger partial charge >= 0.3 is 0 Å². The molecule has 0 amide bonds. The van der Waals surface area contributed by atoms with Crippen molar-refractivity contribution >= 4 is 21.5 Å². The van der Waals surface area contributed by atoms with Gasteiger partial charge in [-0.05, 0) is 38.8 Å². The smallest absolute Gasteiger partial charge is 0.279 e. The third-order valence-electron chi connectivity index (χ3n) is 3.76. The van der Waals surface area contributed by atoms with Crippen LogP contribution in [0.1, 0.15) is 29.7 Å². The van der Waals surface area contributed by atoms with E-state index in [1.165, 1.54) is 4.88 Å². The highest BCUT2D eigenvalue weighted by molar-refractivity contribution is 7.87. The van der Waals surface area contributed by atoms with Gasteiger partial charge in [-0.15, -0.1) is 11.3 Å². The Kier molecular flexibility index (Phi) is 6.12. The zero-order valence-electron chi connectivity index (χ0n) is 12.6. The molecule has 2 N–H and O–H groups in total. The molecule has 0 saturated carbocycles. The summed E-state index contributed by atoms with van der Waals surface area (Å²) in [7, 11) is -1.45. The van der Waals surface area contributed by atoms with E-state index >= 15 is 0 Å². The normalized spacial score (nSPS) is 18.2. The molecular weight excluding hydrogens is 308 g/mol. The van der Waals surface area contributed by atoms with Gasteiger partial charge in [-0.25, -0.2) is 4.98 Å². The van der Waals surface area contributed by atoms with Crippen LogP contribution < -0.4 is 10.0 Å². The monoisotopic (exact) mass is 332 g/mol. The molecule has 2 heterocycles. The lowest BCUT2D eigenvalue weighted by Crippen LogP contribution is -2.45. The van der Waals surface area contributed by atoms with Gasteiger partial charge in [-0.3, -0.25) is 0 Å². The summed E-state index contributed by atoms with van der Waals surface area (Å²) in [5, 5.41) is 3.97. The van der Waals surface area contributed by atoms with Crippen molar-refractivity contribution in [2.45, 2.75) is 32.7 Å². The number of aryl methyl sites for hydroxylation is 1. The van der Waals surface area contributed by atoms with E-state index < -0.39 is 10.2 Å². The fraction of sp³-hybridized carbons (Fsp3) is 0.769. The van der Waals surface area contributed by atoms with E-state index in [4.69, 9.17) is 0 Å². The average molecular weight is 332 g/mol. The van der Waals surface area contributed by atoms with Crippen molar-refractivity contribution in [3.8, 4) is 0 Å². The second-order valence-corrected chi connectivity index (χ2v) is 8.26. The lowest BCUT2D eigenvalue weighted by atomic mass is 9.98. The average Bonchev–Trinajstić information content (AvgIpc) is 2.94. The molecule has 1 aromatic rings. The Morgan fingerprint density at radius 2 is 2.14 bits per heavy atom. The van der Waals surface area contributed by atoms with Crippen LogP contribution in [-0.2, 0) is 23.2 Å². The summed E-state index contributed by atoms with van der Waals surface area (Å²) in [5.74, 6) is 0.576. The summed E-state index contributed by atoms with van der Waals surface area (Å²) in [6.07, 6.45) is 4.58. The first-order chi connectivity index (χ1) is 10.0. The maximum atomic E-state index is 12.3. The summed E-state index contributed by atoms with van der Waals surface area (Å²) in [6.45, 7) is 4.50. The number of piperidine rings is 1. The van der Waals surface area contributed by atoms with Crippen molar-refractivity contribution in [1.29, 1.82) is 0 Å². The van der Waals surface area contributed by atoms with Crippen LogP contribution in [0.5, 0.6) is 0 Å². The highest BCUT2D eigenvalue weighted by Gasteiger charge is 2.27. The van der Waals surface area contributed by atoms with Gasteiger partial charge in [0, 0.05) is 24.2 Å². The Bertz CT molecular complexity index is 536. The molecule has 8 heteroatoms. The molecule has 120 valence electrons. The molecule has 0 spiro atoms. The number of nitrogens with one attached hydrogen (secondary N) is 2. The van der Waals surface area contributed by atoms with E-state index in [9.17, 15) is 8.42 Å². The fourth-order valence-corrected chi connectivity index (χ4v) is 4.57. The van der Waals surface area contributed by atoms with E-state index in [1.54, 1.807) is 15.6 Å². The molecule has 1 aliphatic rings. The minimum atomic E-state index is -3.39. The minimum Gasteiger partial charge on any atom is -0.319 e. The third kappa shape index (κ3) is 4.72. The molecule has 1 saturated heterocycles. The van der Waals surface area contributed by atoms with Gasteiger partial charge in [0.15, 0.2) is 0 Å². The molecule has 0 aromatic carbocycles. The second-order valence-electron chi connectivity index (χ2n) is 5.30. The summed E-state index contributed by atoms with van der Waals surface area (Å²) in [6, 6.07) is 0. The second kappa shape index (κ2) is 7.64. The van der Waals surface area contributed by atoms with Crippen LogP contribution in [0.4, 0.5) is 0 Å². The lowest BCUT2D eigenvalue weighted by molar-refractivity contribution is 0.268. The van der Waals surface area contributed by atoms with Crippen LogP contribution in [-0.4, -0.2) is 44.4 Å². The van der Waals surface area contributed by atoms with Crippen LogP contribution in [0.25, 0.3) is 0 Å². The standard InChI is InChI=1S/C13H24N4O2S2/c1-3-12-9-15-13(20-12)10-16-21(18,19)17-6-4-11(5-7-17)8-14-2/h9,11,14,16H,3-8,10H2,1-2H3. The topological polar surface area (TPSA) is 74.3 Å². The van der Waals surface area contributed by atoms with Gasteiger partial charge in [-0.1, -0.05) is 6.92 Å². The number of rotatable bonds is 7. The third-order valence-corrected chi connectivity index (χ3v) is 6.46. The summed E-state index contributed by atoms with van der Waals surface area (Å²) in [5.41, 5.74) is 0. The Hall–Kier alpha value is -0.540. The molecule has 1 fully saturated rings. The zero-order valence-corrected chi connectivity index (χ0v) is 14.3. The van der Waals surface area contributed by atoms with Crippen molar-refractivity contribution in [2.24, 2.45) is 5.92 Å². The van der Waals surface area contributed by atoms with Crippen LogP contribution >= 0.6 is 11.3 Å². The van der Waals surface area contributed by atoms with Crippen molar-refractivity contribution in [3.63, 3.8) is 0 Å². The Morgan fingerprint density at radius 3 is 2.71 bits per heavy atom. The van der Waals surface area contributed by atoms with E-state index in [0.29, 0.717) is 19.0 Å². The highest BCUT2D eigenvalue weighted by atomic mass is 32.2. The van der Waals surface area contributed by atoms with Gasteiger partial charge in [0.25, 0.3) is 10.2 Å². The number of thiazole rings is 1. The number of hydrogen-bond acceptors (Lipinski definition) is 5. The predicted octanol–water partition coefficient (Wildman–Crippen LogP) is 0.971. The van der Waals surface area contributed by atoms with Gasteiger partial charge in [-0.2, -0.15) is 17.4 Å². The van der Waals surface area contributed by atoms with E-state index in [2.05, 4.69) is 21.9 Å². The van der Waals surface area contributed by atoms with Gasteiger partial charge in [0.2, 0.25) is 0 Å². The lowest BCUT2D eigenvalue weighted by Gasteiger charge is -2.30. The molecule has 21 heavy (non-hydrogen) atoms. The number of hydrogen-bond donors (Lipinski definition) is 2. The van der Waals surface area contributed by atoms with Crippen LogP contribution in [0.15, 0.2) is 6.20 Å². The first-order valence-corrected chi connectivity index (χ1v) is 9.63. The maximum Gasteiger partial charge on any atom is 0.279 e. The van der Waals surface area contributed by atoms with E-state index in [-0.39, 0.29) is 6.54 Å². The van der Waals surface area contributed by atoms with Gasteiger partial charge < -0.3 is 5.32 Å². The number of aromatic nitrogens is 1. The van der Waals surface area contributed by atoms with Crippen LogP contribution in [0.2, 0.25) is 0 Å². The predicted molar refractivity (Wildman–Crippen MR) is 85.5 cm³/mol. The quantitative estimate of drug-likeness (QED) is 0.780. The summed E-state index contributed by atoms with van der Waals surface area (Å²) < 4.78 is 28.8.